The van der Waals surface area contributed by atoms with Crippen LogP contribution in [0.4, 0.5) is 14.9 Å². The summed E-state index contributed by atoms with van der Waals surface area (Å²) in [5.74, 6) is -4.63. The first-order chi connectivity index (χ1) is 38.1. The monoisotopic (exact) mass is 1150 g/mol. The molecule has 0 spiro atoms. The number of carboxylic acid groups (broad SMARTS) is 1. The zero-order valence-electron chi connectivity index (χ0n) is 49.9. The molecule has 1 aromatic heterocycles. The summed E-state index contributed by atoms with van der Waals surface area (Å²) in [5.41, 5.74) is -4.34. The minimum Gasteiger partial charge on any atom is -0.477 e. The number of aromatic nitrogens is 1. The Morgan fingerprint density at radius 2 is 1.63 bits per heavy atom. The van der Waals surface area contributed by atoms with Crippen molar-refractivity contribution in [2.24, 2.45) is 17.8 Å². The van der Waals surface area contributed by atoms with Crippen LogP contribution < -0.4 is 16.1 Å². The van der Waals surface area contributed by atoms with E-state index in [4.69, 9.17) is 47.4 Å². The first kappa shape index (κ1) is 64.5. The van der Waals surface area contributed by atoms with E-state index in [0.717, 1.165) is 18.9 Å². The lowest BCUT2D eigenvalue weighted by Crippen LogP contribution is -2.61. The predicted octanol–water partition coefficient (Wildman–Crippen LogP) is 5.31. The molecular formula is C58H92FN5O17. The summed E-state index contributed by atoms with van der Waals surface area (Å²) in [4.78, 5) is 56.3. The standard InChI is InChI=1S/C58H92FN5O17/c1-15-44-58(10)50(80-55(70)81-58)35(6)63(13)29-31(2)27-56(8,71)49(79-54-47(66)43(62(11)12)24-32(3)75-54)33(4)48(34(5)53(69)77-44)78-45-28-57(9,72-14)51(36(7)76-45)74-23-19-60-18-21-73-22-20-61-41-26-42-38(25-40(41)59)46(65)39(52(67)68)30-64(42)37-16-17-37/h25-26,30-37,43-45,47-51,54,60-61,66,71H,15-24,27-29H2,1-14H3,(H,67,68)/t31-,32-,33+,34-,35-,36+,43+,44-,45+,47-,48+,49-,50-,51+,54+,56-,57-,58-/m1/s1. The van der Waals surface area contributed by atoms with Crippen molar-refractivity contribution in [3.8, 4) is 0 Å². The number of carbonyl (C=O) groups excluding carboxylic acids is 2. The van der Waals surface area contributed by atoms with Gasteiger partial charge in [-0.2, -0.15) is 0 Å². The van der Waals surface area contributed by atoms with Crippen LogP contribution in [0.3, 0.4) is 0 Å². The number of pyridine rings is 1. The lowest BCUT2D eigenvalue weighted by molar-refractivity contribution is -0.320. The van der Waals surface area contributed by atoms with Gasteiger partial charge in [0.1, 0.15) is 29.7 Å². The number of benzene rings is 1. The van der Waals surface area contributed by atoms with Crippen LogP contribution in [0.25, 0.3) is 10.9 Å². The molecule has 5 fully saturated rings. The number of aromatic carboxylic acids is 1. The molecule has 81 heavy (non-hydrogen) atoms. The molecule has 5 heterocycles. The van der Waals surface area contributed by atoms with E-state index >= 15 is 4.39 Å². The Kier molecular flexibility index (Phi) is 21.4. The Balaban J connectivity index is 1.01. The minimum atomic E-state index is -1.60. The second-order valence-electron chi connectivity index (χ2n) is 24.4. The highest BCUT2D eigenvalue weighted by Crippen LogP contribution is 2.43. The van der Waals surface area contributed by atoms with Gasteiger partial charge in [0.2, 0.25) is 5.43 Å². The van der Waals surface area contributed by atoms with E-state index in [1.54, 1.807) is 38.5 Å². The van der Waals surface area contributed by atoms with Gasteiger partial charge in [-0.3, -0.25) is 14.5 Å². The summed E-state index contributed by atoms with van der Waals surface area (Å²) >= 11 is 0. The van der Waals surface area contributed by atoms with E-state index in [0.29, 0.717) is 44.6 Å². The van der Waals surface area contributed by atoms with Crippen LogP contribution >= 0.6 is 0 Å². The molecule has 1 aromatic carbocycles. The third kappa shape index (κ3) is 14.7. The molecule has 4 saturated heterocycles. The van der Waals surface area contributed by atoms with Crippen LogP contribution in [0.1, 0.15) is 124 Å². The van der Waals surface area contributed by atoms with Crippen molar-refractivity contribution in [3.63, 3.8) is 0 Å². The topological polar surface area (TPSA) is 257 Å². The number of cyclic esters (lactones) is 1. The largest absolute Gasteiger partial charge is 0.509 e. The molecule has 7 rings (SSSR count). The average molecular weight is 1150 g/mol. The number of aliphatic hydroxyl groups is 2. The van der Waals surface area contributed by atoms with Gasteiger partial charge in [0.05, 0.1) is 72.6 Å². The molecule has 1 aliphatic carbocycles. The fourth-order valence-corrected chi connectivity index (χ4v) is 12.8. The normalized spacial score (nSPS) is 37.5. The number of ether oxygens (including phenoxy) is 10. The second kappa shape index (κ2) is 26.9. The Bertz CT molecular complexity index is 2540. The summed E-state index contributed by atoms with van der Waals surface area (Å²) in [6, 6.07) is 2.00. The number of hydrogen-bond donors (Lipinski definition) is 5. The van der Waals surface area contributed by atoms with Gasteiger partial charge in [-0.25, -0.2) is 14.0 Å². The van der Waals surface area contributed by atoms with Gasteiger partial charge in [0, 0.05) is 75.3 Å². The average Bonchev–Trinajstić information content (AvgIpc) is 4.41. The number of esters is 1. The second-order valence-corrected chi connectivity index (χ2v) is 24.4. The minimum absolute atomic E-state index is 0.0254. The molecule has 458 valence electrons. The van der Waals surface area contributed by atoms with Gasteiger partial charge in [0.25, 0.3) is 0 Å². The maximum atomic E-state index is 15.2. The van der Waals surface area contributed by atoms with Crippen LogP contribution in [0.15, 0.2) is 23.1 Å². The lowest BCUT2D eigenvalue weighted by atomic mass is 9.77. The van der Waals surface area contributed by atoms with Crippen LogP contribution in [0, 0.1) is 23.6 Å². The summed E-state index contributed by atoms with van der Waals surface area (Å²) in [7, 11) is 7.28. The van der Waals surface area contributed by atoms with Crippen molar-refractivity contribution in [3.05, 3.63) is 39.9 Å². The van der Waals surface area contributed by atoms with Crippen LogP contribution in [0.2, 0.25) is 0 Å². The van der Waals surface area contributed by atoms with Crippen molar-refractivity contribution in [1.29, 1.82) is 0 Å². The quantitative estimate of drug-likeness (QED) is 0.0831. The first-order valence-electron chi connectivity index (χ1n) is 28.9. The summed E-state index contributed by atoms with van der Waals surface area (Å²) in [6.07, 6.45) is -5.05. The van der Waals surface area contributed by atoms with Gasteiger partial charge in [-0.15, -0.1) is 0 Å². The number of anilines is 1. The molecule has 0 bridgehead atoms. The zero-order valence-corrected chi connectivity index (χ0v) is 49.9. The lowest BCUT2D eigenvalue weighted by Gasteiger charge is -2.49. The molecule has 5 N–H and O–H groups in total. The third-order valence-corrected chi connectivity index (χ3v) is 17.5. The Labute approximate surface area is 475 Å². The predicted molar refractivity (Wildman–Crippen MR) is 297 cm³/mol. The van der Waals surface area contributed by atoms with Gasteiger partial charge in [0.15, 0.2) is 24.3 Å². The van der Waals surface area contributed by atoms with Crippen LogP contribution in [-0.2, 0) is 52.2 Å². The number of hydrogen-bond acceptors (Lipinski definition) is 20. The maximum absolute atomic E-state index is 15.2. The molecule has 5 aliphatic rings. The van der Waals surface area contributed by atoms with Crippen molar-refractivity contribution in [2.75, 3.05) is 79.6 Å². The van der Waals surface area contributed by atoms with Crippen LogP contribution in [0.5, 0.6) is 0 Å². The molecule has 1 saturated carbocycles. The van der Waals surface area contributed by atoms with Crippen molar-refractivity contribution >= 4 is 34.7 Å². The number of carboxylic acids is 1. The highest BCUT2D eigenvalue weighted by atomic mass is 19.1. The van der Waals surface area contributed by atoms with E-state index in [1.807, 2.05) is 79.4 Å². The maximum Gasteiger partial charge on any atom is 0.509 e. The molecule has 0 amide bonds. The molecule has 18 atom stereocenters. The van der Waals surface area contributed by atoms with Crippen molar-refractivity contribution in [1.82, 2.24) is 19.7 Å². The number of nitrogens with zero attached hydrogens (tertiary/aromatic N) is 3. The number of nitrogens with one attached hydrogen (secondary N) is 2. The molecule has 4 aliphatic heterocycles. The SMILES string of the molecule is CC[C@H]1OC(=O)[C@H](C)[C@@H](O[C@H]2C[C@@](C)(OC)[C@@H](OCCNCCOCCNc3cc4c(cc3F)c(=O)c(C(=O)O)cn4C3CC3)[C@H](C)O2)[C@H](C)[C@@H](O[C@@H]2O[C@H](C)C[C@H](N(C)C)[C@H]2O)[C@](C)(O)C[C@@H](C)CN(C)[C@H](C)[C@H]2OC(=O)O[C@@]21C. The van der Waals surface area contributed by atoms with Gasteiger partial charge in [-0.1, -0.05) is 20.8 Å². The van der Waals surface area contributed by atoms with E-state index in [2.05, 4.69) is 10.6 Å². The zero-order chi connectivity index (χ0) is 59.5. The summed E-state index contributed by atoms with van der Waals surface area (Å²) in [6.45, 7) is 21.1. The van der Waals surface area contributed by atoms with Gasteiger partial charge >= 0.3 is 18.1 Å². The molecule has 23 heteroatoms. The number of likely N-dealkylation sites (N-methyl/N-ethyl adjacent to an activating group) is 2. The fraction of sp³-hybridized carbons (Fsp3) is 0.793. The highest BCUT2D eigenvalue weighted by Gasteiger charge is 2.58. The van der Waals surface area contributed by atoms with E-state index in [-0.39, 0.29) is 79.4 Å². The number of aliphatic hydroxyl groups excluding tert-OH is 1. The van der Waals surface area contributed by atoms with Crippen molar-refractivity contribution < 1.29 is 81.5 Å². The molecule has 0 unspecified atom stereocenters. The fourth-order valence-electron chi connectivity index (χ4n) is 12.8. The summed E-state index contributed by atoms with van der Waals surface area (Å²) < 4.78 is 80.3. The Hall–Kier alpha value is -4.11. The van der Waals surface area contributed by atoms with Crippen molar-refractivity contribution in [2.45, 2.75) is 204 Å². The van der Waals surface area contributed by atoms with E-state index in [1.165, 1.54) is 6.20 Å². The van der Waals surface area contributed by atoms with Gasteiger partial charge in [-0.05, 0) is 120 Å². The van der Waals surface area contributed by atoms with Gasteiger partial charge < -0.3 is 82.8 Å². The molecule has 0 radical (unpaired) electrons. The van der Waals surface area contributed by atoms with E-state index < -0.39 is 113 Å². The molecule has 22 nitrogen and oxygen atoms in total. The molecular weight excluding hydrogens is 1060 g/mol. The number of carbonyl (C=O) groups is 3. The number of fused-ring (bicyclic) bond motifs is 2. The number of methoxy groups -OCH3 is 1. The Morgan fingerprint density at radius 3 is 2.28 bits per heavy atom. The highest BCUT2D eigenvalue weighted by molar-refractivity contribution is 5.93. The first-order valence-corrected chi connectivity index (χ1v) is 28.9. The smallest absolute Gasteiger partial charge is 0.477 e. The third-order valence-electron chi connectivity index (χ3n) is 17.5. The Morgan fingerprint density at radius 1 is 0.938 bits per heavy atom. The number of halogens is 1. The molecule has 2 aromatic rings. The number of rotatable bonds is 20. The van der Waals surface area contributed by atoms with E-state index in [9.17, 15) is 34.5 Å². The van der Waals surface area contributed by atoms with Crippen LogP contribution in [-0.4, -0.2) is 212 Å². The summed E-state index contributed by atoms with van der Waals surface area (Å²) in [5, 5.41) is 40.6.